The molecule has 1 aliphatic rings. The molecule has 0 spiro atoms. The van der Waals surface area contributed by atoms with Crippen LogP contribution in [0.25, 0.3) is 10.9 Å². The molecule has 0 amide bonds. The first-order chi connectivity index (χ1) is 13.0. The van der Waals surface area contributed by atoms with Gasteiger partial charge in [-0.1, -0.05) is 30.3 Å². The molecular formula is C20H19FN2O3S. The normalized spacial score (nSPS) is 18.0. The average Bonchev–Trinajstić information content (AvgIpc) is 3.13. The van der Waals surface area contributed by atoms with Gasteiger partial charge in [-0.25, -0.2) is 17.8 Å². The number of benzene rings is 2. The fourth-order valence-electron chi connectivity index (χ4n) is 3.21. The van der Waals surface area contributed by atoms with Gasteiger partial charge in [0.2, 0.25) is 15.9 Å². The first-order valence-electron chi connectivity index (χ1n) is 8.74. The molecule has 2 aromatic carbocycles. The van der Waals surface area contributed by atoms with Crippen molar-refractivity contribution in [2.45, 2.75) is 18.3 Å². The third kappa shape index (κ3) is 4.09. The minimum absolute atomic E-state index is 0.145. The fraction of sp³-hybridized carbons (Fsp3) is 0.250. The number of aromatic nitrogens is 1. The lowest BCUT2D eigenvalue weighted by Crippen LogP contribution is -2.32. The van der Waals surface area contributed by atoms with Gasteiger partial charge in [-0.3, -0.25) is 0 Å². The topological polar surface area (TPSA) is 59.5 Å². The van der Waals surface area contributed by atoms with E-state index in [2.05, 4.69) is 4.98 Å². The summed E-state index contributed by atoms with van der Waals surface area (Å²) >= 11 is 0. The lowest BCUT2D eigenvalue weighted by Gasteiger charge is -2.17. The van der Waals surface area contributed by atoms with E-state index in [1.165, 1.54) is 28.6 Å². The molecule has 1 aromatic heterocycles. The third-order valence-corrected chi connectivity index (χ3v) is 6.44. The molecule has 1 fully saturated rings. The standard InChI is InChI=1S/C20H19FN2O3S/c21-17-8-5-15(6-9-17)14-27(24,25)23-12-11-18(13-23)26-20-10-7-16-3-1-2-4-19(16)22-20/h1-10,18H,11-14H2. The van der Waals surface area contributed by atoms with Crippen molar-refractivity contribution in [3.8, 4) is 5.88 Å². The number of nitrogens with zero attached hydrogens (tertiary/aromatic N) is 2. The summed E-state index contributed by atoms with van der Waals surface area (Å²) in [6, 6.07) is 17.0. The van der Waals surface area contributed by atoms with Crippen molar-refractivity contribution >= 4 is 20.9 Å². The Labute approximate surface area is 157 Å². The quantitative estimate of drug-likeness (QED) is 0.675. The summed E-state index contributed by atoms with van der Waals surface area (Å²) < 4.78 is 45.6. The summed E-state index contributed by atoms with van der Waals surface area (Å²) in [5.41, 5.74) is 1.41. The molecule has 1 saturated heterocycles. The van der Waals surface area contributed by atoms with Crippen LogP contribution in [0.15, 0.2) is 60.7 Å². The van der Waals surface area contributed by atoms with Crippen LogP contribution < -0.4 is 4.74 Å². The monoisotopic (exact) mass is 386 g/mol. The minimum atomic E-state index is -3.48. The van der Waals surface area contributed by atoms with E-state index >= 15 is 0 Å². The van der Waals surface area contributed by atoms with E-state index in [4.69, 9.17) is 4.74 Å². The van der Waals surface area contributed by atoms with E-state index in [1.54, 1.807) is 6.07 Å². The van der Waals surface area contributed by atoms with Crippen LogP contribution in [0.3, 0.4) is 0 Å². The zero-order chi connectivity index (χ0) is 18.9. The summed E-state index contributed by atoms with van der Waals surface area (Å²) in [5.74, 6) is -0.0287. The summed E-state index contributed by atoms with van der Waals surface area (Å²) in [7, 11) is -3.48. The van der Waals surface area contributed by atoms with Gasteiger partial charge in [-0.05, 0) is 36.2 Å². The molecule has 0 radical (unpaired) electrons. The van der Waals surface area contributed by atoms with Gasteiger partial charge in [0.15, 0.2) is 0 Å². The Kier molecular flexibility index (Phi) is 4.80. The Hall–Kier alpha value is -2.51. The van der Waals surface area contributed by atoms with Crippen LogP contribution in [-0.2, 0) is 15.8 Å². The van der Waals surface area contributed by atoms with E-state index < -0.39 is 10.0 Å². The molecule has 0 bridgehead atoms. The molecule has 0 aliphatic carbocycles. The first-order valence-corrected chi connectivity index (χ1v) is 10.4. The van der Waals surface area contributed by atoms with Crippen molar-refractivity contribution in [2.24, 2.45) is 0 Å². The average molecular weight is 386 g/mol. The highest BCUT2D eigenvalue weighted by Gasteiger charge is 2.32. The molecular weight excluding hydrogens is 367 g/mol. The van der Waals surface area contributed by atoms with Gasteiger partial charge in [0.25, 0.3) is 0 Å². The molecule has 3 aromatic rings. The molecule has 1 unspecified atom stereocenters. The molecule has 0 N–H and O–H groups in total. The molecule has 7 heteroatoms. The minimum Gasteiger partial charge on any atom is -0.473 e. The van der Waals surface area contributed by atoms with Crippen LogP contribution in [0.1, 0.15) is 12.0 Å². The first kappa shape index (κ1) is 17.9. The second kappa shape index (κ2) is 7.25. The smallest absolute Gasteiger partial charge is 0.218 e. The summed E-state index contributed by atoms with van der Waals surface area (Å²) in [4.78, 5) is 4.48. The van der Waals surface area contributed by atoms with E-state index in [0.717, 1.165) is 10.9 Å². The predicted molar refractivity (Wildman–Crippen MR) is 101 cm³/mol. The Morgan fingerprint density at radius 3 is 2.67 bits per heavy atom. The van der Waals surface area contributed by atoms with E-state index in [1.807, 2.05) is 30.3 Å². The second-order valence-electron chi connectivity index (χ2n) is 6.61. The van der Waals surface area contributed by atoms with Crippen molar-refractivity contribution < 1.29 is 17.5 Å². The van der Waals surface area contributed by atoms with Crippen LogP contribution in [0.5, 0.6) is 5.88 Å². The number of ether oxygens (including phenoxy) is 1. The maximum Gasteiger partial charge on any atom is 0.218 e. The van der Waals surface area contributed by atoms with Crippen LogP contribution >= 0.6 is 0 Å². The van der Waals surface area contributed by atoms with Crippen LogP contribution in [0.4, 0.5) is 4.39 Å². The molecule has 2 heterocycles. The van der Waals surface area contributed by atoms with Gasteiger partial charge in [-0.2, -0.15) is 4.31 Å². The van der Waals surface area contributed by atoms with Crippen molar-refractivity contribution in [3.05, 3.63) is 72.0 Å². The van der Waals surface area contributed by atoms with Gasteiger partial charge >= 0.3 is 0 Å². The van der Waals surface area contributed by atoms with Crippen LogP contribution in [-0.4, -0.2) is 36.9 Å². The second-order valence-corrected chi connectivity index (χ2v) is 8.58. The van der Waals surface area contributed by atoms with Gasteiger partial charge < -0.3 is 4.74 Å². The number of rotatable bonds is 5. The zero-order valence-electron chi connectivity index (χ0n) is 14.6. The Morgan fingerprint density at radius 2 is 1.85 bits per heavy atom. The van der Waals surface area contributed by atoms with Gasteiger partial charge in [0, 0.05) is 18.0 Å². The highest BCUT2D eigenvalue weighted by Crippen LogP contribution is 2.23. The summed E-state index contributed by atoms with van der Waals surface area (Å²) in [6.45, 7) is 0.694. The van der Waals surface area contributed by atoms with Crippen LogP contribution in [0.2, 0.25) is 0 Å². The number of pyridine rings is 1. The highest BCUT2D eigenvalue weighted by molar-refractivity contribution is 7.88. The largest absolute Gasteiger partial charge is 0.473 e. The number of fused-ring (bicyclic) bond motifs is 1. The highest BCUT2D eigenvalue weighted by atomic mass is 32.2. The lowest BCUT2D eigenvalue weighted by molar-refractivity contribution is 0.207. The molecule has 1 atom stereocenters. The Bertz CT molecular complexity index is 1050. The predicted octanol–water partition coefficient (Wildman–Crippen LogP) is 3.36. The van der Waals surface area contributed by atoms with Gasteiger partial charge in [0.1, 0.15) is 11.9 Å². The zero-order valence-corrected chi connectivity index (χ0v) is 15.4. The van der Waals surface area contributed by atoms with Crippen molar-refractivity contribution in [1.82, 2.24) is 9.29 Å². The van der Waals surface area contributed by atoms with E-state index in [0.29, 0.717) is 24.4 Å². The Morgan fingerprint density at radius 1 is 1.07 bits per heavy atom. The molecule has 4 rings (SSSR count). The van der Waals surface area contributed by atoms with Crippen molar-refractivity contribution in [3.63, 3.8) is 0 Å². The van der Waals surface area contributed by atoms with Crippen molar-refractivity contribution in [1.29, 1.82) is 0 Å². The number of halogens is 1. The van der Waals surface area contributed by atoms with E-state index in [-0.39, 0.29) is 24.2 Å². The third-order valence-electron chi connectivity index (χ3n) is 4.62. The number of sulfonamides is 1. The SMILES string of the molecule is O=S(=O)(Cc1ccc(F)cc1)N1CCC(Oc2ccc3ccccc3n2)C1. The molecule has 0 saturated carbocycles. The molecule has 27 heavy (non-hydrogen) atoms. The number of hydrogen-bond donors (Lipinski definition) is 0. The molecule has 5 nitrogen and oxygen atoms in total. The number of para-hydroxylation sites is 1. The maximum absolute atomic E-state index is 13.0. The molecule has 1 aliphatic heterocycles. The fourth-order valence-corrected chi connectivity index (χ4v) is 4.79. The molecule has 140 valence electrons. The number of hydrogen-bond acceptors (Lipinski definition) is 4. The van der Waals surface area contributed by atoms with Crippen LogP contribution in [0, 0.1) is 5.82 Å². The lowest BCUT2D eigenvalue weighted by atomic mass is 10.2. The Balaban J connectivity index is 1.42. The summed E-state index contributed by atoms with van der Waals surface area (Å²) in [6.07, 6.45) is 0.374. The van der Waals surface area contributed by atoms with Gasteiger partial charge in [-0.15, -0.1) is 0 Å². The summed E-state index contributed by atoms with van der Waals surface area (Å²) in [5, 5.41) is 1.03. The maximum atomic E-state index is 13.0. The van der Waals surface area contributed by atoms with Crippen molar-refractivity contribution in [2.75, 3.05) is 13.1 Å². The van der Waals surface area contributed by atoms with E-state index in [9.17, 15) is 12.8 Å². The van der Waals surface area contributed by atoms with Gasteiger partial charge in [0.05, 0.1) is 17.8 Å².